The number of anilines is 1. The molecular formula is C21H33ClN4O5S. The van der Waals surface area contributed by atoms with Gasteiger partial charge in [-0.2, -0.15) is 0 Å². The second-order valence-electron chi connectivity index (χ2n) is 9.36. The molecule has 0 aliphatic carbocycles. The Morgan fingerprint density at radius 3 is 2.50 bits per heavy atom. The Balaban J connectivity index is 1.95. The summed E-state index contributed by atoms with van der Waals surface area (Å²) in [5.41, 5.74) is -0.234. The molecule has 0 unspecified atom stereocenters. The Kier molecular flexibility index (Phi) is 7.26. The van der Waals surface area contributed by atoms with Gasteiger partial charge in [0, 0.05) is 31.5 Å². The number of nitrogens with zero attached hydrogens (tertiary/aromatic N) is 4. The van der Waals surface area contributed by atoms with Crippen molar-refractivity contribution in [3.63, 3.8) is 0 Å². The molecule has 0 radical (unpaired) electrons. The van der Waals surface area contributed by atoms with Gasteiger partial charge < -0.3 is 19.3 Å². The average Bonchev–Trinajstić information content (AvgIpc) is 2.72. The van der Waals surface area contributed by atoms with Crippen molar-refractivity contribution in [2.24, 2.45) is 0 Å². The van der Waals surface area contributed by atoms with Gasteiger partial charge in [-0.25, -0.2) is 23.2 Å². The van der Waals surface area contributed by atoms with Crippen LogP contribution in [0.3, 0.4) is 0 Å². The molecule has 2 aliphatic rings. The van der Waals surface area contributed by atoms with Gasteiger partial charge in [-0.1, -0.05) is 6.92 Å². The summed E-state index contributed by atoms with van der Waals surface area (Å²) in [6, 6.07) is 1.82. The van der Waals surface area contributed by atoms with Gasteiger partial charge in [-0.05, 0) is 52.1 Å². The van der Waals surface area contributed by atoms with E-state index in [2.05, 4.69) is 14.9 Å². The number of ether oxygens (including phenoxy) is 2. The first-order valence-corrected chi connectivity index (χ1v) is 13.0. The average molecular weight is 489 g/mol. The molecule has 1 amide bonds. The number of halogens is 1. The van der Waals surface area contributed by atoms with E-state index in [1.807, 2.05) is 6.92 Å². The largest absolute Gasteiger partial charge is 0.444 e. The van der Waals surface area contributed by atoms with Crippen LogP contribution in [-0.2, 0) is 24.1 Å². The van der Waals surface area contributed by atoms with Gasteiger partial charge >= 0.3 is 6.09 Å². The van der Waals surface area contributed by atoms with Crippen LogP contribution in [0.2, 0.25) is 5.28 Å². The molecule has 1 aromatic rings. The molecule has 0 N–H and O–H groups in total. The number of likely N-dealkylation sites (tertiary alicyclic amines) is 1. The number of rotatable bonds is 4. The van der Waals surface area contributed by atoms with Crippen molar-refractivity contribution in [2.75, 3.05) is 43.5 Å². The number of aromatic nitrogens is 2. The lowest BCUT2D eigenvalue weighted by Gasteiger charge is -2.41. The second kappa shape index (κ2) is 9.30. The Morgan fingerprint density at radius 2 is 1.94 bits per heavy atom. The van der Waals surface area contributed by atoms with Gasteiger partial charge in [0.15, 0.2) is 9.84 Å². The van der Waals surface area contributed by atoms with Crippen LogP contribution in [0.15, 0.2) is 6.07 Å². The van der Waals surface area contributed by atoms with E-state index >= 15 is 0 Å². The molecule has 3 rings (SSSR count). The Labute approximate surface area is 195 Å². The minimum Gasteiger partial charge on any atom is -0.444 e. The first-order chi connectivity index (χ1) is 14.9. The molecular weight excluding hydrogens is 456 g/mol. The maximum absolute atomic E-state index is 13.4. The first-order valence-electron chi connectivity index (χ1n) is 11.0. The third-order valence-corrected chi connectivity index (χ3v) is 8.75. The van der Waals surface area contributed by atoms with E-state index in [0.29, 0.717) is 31.3 Å². The van der Waals surface area contributed by atoms with Gasteiger partial charge in [0.25, 0.3) is 0 Å². The van der Waals surface area contributed by atoms with Gasteiger partial charge in [0.2, 0.25) is 5.28 Å². The van der Waals surface area contributed by atoms with E-state index in [9.17, 15) is 13.2 Å². The second-order valence-corrected chi connectivity index (χ2v) is 12.3. The number of sulfone groups is 1. The number of hydrogen-bond acceptors (Lipinski definition) is 8. The Morgan fingerprint density at radius 1 is 1.28 bits per heavy atom. The maximum Gasteiger partial charge on any atom is 0.410 e. The first kappa shape index (κ1) is 25.0. The van der Waals surface area contributed by atoms with Crippen LogP contribution in [0.1, 0.15) is 53.2 Å². The van der Waals surface area contributed by atoms with Crippen molar-refractivity contribution < 1.29 is 22.7 Å². The summed E-state index contributed by atoms with van der Waals surface area (Å²) in [5.74, 6) is 0.556. The molecule has 0 aromatic carbocycles. The third-order valence-electron chi connectivity index (χ3n) is 6.01. The van der Waals surface area contributed by atoms with E-state index in [-0.39, 0.29) is 43.0 Å². The van der Waals surface area contributed by atoms with Gasteiger partial charge in [0.05, 0.1) is 24.9 Å². The van der Waals surface area contributed by atoms with Gasteiger partial charge in [-0.15, -0.1) is 0 Å². The SMILES string of the molecule is CCS(=O)(=O)C1(c2cc(N3CCOC[C@H]3C)nc(Cl)n2)CCN(C(=O)OC(C)(C)C)CC1. The van der Waals surface area contributed by atoms with E-state index in [1.165, 1.54) is 0 Å². The standard InChI is InChI=1S/C21H33ClN4O5S/c1-6-32(28,29)21(7-9-25(10-8-21)19(27)31-20(3,4)5)16-13-17(24-18(22)23-16)26-11-12-30-14-15(26)2/h13,15H,6-12,14H2,1-5H3/t15-/m1/s1. The molecule has 0 saturated carbocycles. The van der Waals surface area contributed by atoms with Crippen molar-refractivity contribution >= 4 is 33.3 Å². The summed E-state index contributed by atoms with van der Waals surface area (Å²) >= 11 is 6.28. The normalized spacial score (nSPS) is 22.0. The molecule has 0 spiro atoms. The van der Waals surface area contributed by atoms with Crippen molar-refractivity contribution in [1.29, 1.82) is 0 Å². The number of morpholine rings is 1. The summed E-state index contributed by atoms with van der Waals surface area (Å²) in [5, 5.41) is 0.0106. The number of amides is 1. The Bertz CT molecular complexity index is 942. The van der Waals surface area contributed by atoms with E-state index in [4.69, 9.17) is 21.1 Å². The third kappa shape index (κ3) is 5.12. The number of hydrogen-bond donors (Lipinski definition) is 0. The van der Waals surface area contributed by atoms with Gasteiger partial charge in [0.1, 0.15) is 16.2 Å². The van der Waals surface area contributed by atoms with Gasteiger partial charge in [-0.3, -0.25) is 0 Å². The van der Waals surface area contributed by atoms with Crippen LogP contribution < -0.4 is 4.90 Å². The molecule has 9 nitrogen and oxygen atoms in total. The van der Waals surface area contributed by atoms with E-state index in [1.54, 1.807) is 38.7 Å². The summed E-state index contributed by atoms with van der Waals surface area (Å²) in [6.45, 7) is 11.3. The summed E-state index contributed by atoms with van der Waals surface area (Å²) in [7, 11) is -3.57. The number of piperidine rings is 1. The van der Waals surface area contributed by atoms with Crippen molar-refractivity contribution in [2.45, 2.75) is 63.9 Å². The summed E-state index contributed by atoms with van der Waals surface area (Å²) in [6.07, 6.45) is -0.00889. The monoisotopic (exact) mass is 488 g/mol. The Hall–Kier alpha value is -1.65. The molecule has 180 valence electrons. The molecule has 1 aromatic heterocycles. The minimum absolute atomic E-state index is 0.0106. The zero-order chi connectivity index (χ0) is 23.7. The summed E-state index contributed by atoms with van der Waals surface area (Å²) in [4.78, 5) is 24.9. The van der Waals surface area contributed by atoms with Crippen LogP contribution in [0, 0.1) is 0 Å². The molecule has 32 heavy (non-hydrogen) atoms. The molecule has 11 heteroatoms. The molecule has 1 atom stereocenters. The lowest BCUT2D eigenvalue weighted by molar-refractivity contribution is 0.0191. The number of carbonyl (C=O) groups is 1. The fourth-order valence-electron chi connectivity index (χ4n) is 4.23. The lowest BCUT2D eigenvalue weighted by Crippen LogP contribution is -2.51. The van der Waals surface area contributed by atoms with Crippen LogP contribution in [0.4, 0.5) is 10.6 Å². The molecule has 2 fully saturated rings. The molecule has 2 saturated heterocycles. The predicted octanol–water partition coefficient (Wildman–Crippen LogP) is 3.02. The van der Waals surface area contributed by atoms with Crippen molar-refractivity contribution in [3.05, 3.63) is 17.0 Å². The van der Waals surface area contributed by atoms with Crippen LogP contribution in [-0.4, -0.2) is 79.6 Å². The molecule has 3 heterocycles. The van der Waals surface area contributed by atoms with E-state index < -0.39 is 26.3 Å². The highest BCUT2D eigenvalue weighted by molar-refractivity contribution is 7.92. The van der Waals surface area contributed by atoms with Crippen LogP contribution in [0.25, 0.3) is 0 Å². The quantitative estimate of drug-likeness (QED) is 0.596. The fraction of sp³-hybridized carbons (Fsp3) is 0.762. The van der Waals surface area contributed by atoms with E-state index in [0.717, 1.165) is 0 Å². The minimum atomic E-state index is -3.57. The zero-order valence-electron chi connectivity index (χ0n) is 19.4. The topological polar surface area (TPSA) is 102 Å². The number of carbonyl (C=O) groups excluding carboxylic acids is 1. The van der Waals surface area contributed by atoms with Crippen molar-refractivity contribution in [3.8, 4) is 0 Å². The lowest BCUT2D eigenvalue weighted by atomic mass is 9.92. The predicted molar refractivity (Wildman–Crippen MR) is 123 cm³/mol. The maximum atomic E-state index is 13.4. The zero-order valence-corrected chi connectivity index (χ0v) is 21.0. The fourth-order valence-corrected chi connectivity index (χ4v) is 6.19. The van der Waals surface area contributed by atoms with Crippen LogP contribution in [0.5, 0.6) is 0 Å². The highest BCUT2D eigenvalue weighted by Gasteiger charge is 2.49. The highest BCUT2D eigenvalue weighted by atomic mass is 35.5. The molecule has 0 bridgehead atoms. The molecule has 2 aliphatic heterocycles. The highest BCUT2D eigenvalue weighted by Crippen LogP contribution is 2.42. The summed E-state index contributed by atoms with van der Waals surface area (Å²) < 4.78 is 36.5. The van der Waals surface area contributed by atoms with Crippen molar-refractivity contribution in [1.82, 2.24) is 14.9 Å². The smallest absolute Gasteiger partial charge is 0.410 e. The van der Waals surface area contributed by atoms with Crippen LogP contribution >= 0.6 is 11.6 Å².